The minimum absolute atomic E-state index is 1.10. The zero-order chi connectivity index (χ0) is 16.6. The van der Waals surface area contributed by atoms with Crippen molar-refractivity contribution in [3.8, 4) is 0 Å². The van der Waals surface area contributed by atoms with E-state index in [0.717, 1.165) is 0 Å². The Kier molecular flexibility index (Phi) is 9.07. The first kappa shape index (κ1) is 20.5. The molecule has 0 saturated carbocycles. The van der Waals surface area contributed by atoms with Gasteiger partial charge in [-0.25, -0.2) is 0 Å². The van der Waals surface area contributed by atoms with Gasteiger partial charge in [-0.2, -0.15) is 0 Å². The van der Waals surface area contributed by atoms with E-state index < -0.39 is 26.5 Å². The maximum absolute atomic E-state index is 2.74. The molecule has 1 rings (SSSR count). The van der Waals surface area contributed by atoms with Gasteiger partial charge in [0.15, 0.2) is 0 Å². The molecular weight excluding hydrogens is 387 g/mol. The van der Waals surface area contributed by atoms with Crippen LogP contribution in [0.2, 0.25) is 33.0 Å². The van der Waals surface area contributed by atoms with Crippen LogP contribution in [-0.4, -0.2) is 26.5 Å². The Morgan fingerprint density at radius 1 is 0.864 bits per heavy atom. The van der Waals surface area contributed by atoms with Gasteiger partial charge in [-0.05, 0) is 0 Å². The number of hydrogen-bond acceptors (Lipinski definition) is 0. The van der Waals surface area contributed by atoms with Crippen LogP contribution in [-0.2, 0) is 0 Å². The van der Waals surface area contributed by atoms with Gasteiger partial charge in [-0.1, -0.05) is 0 Å². The first-order valence-corrected chi connectivity index (χ1v) is 20.8. The molecule has 128 valence electrons. The summed E-state index contributed by atoms with van der Waals surface area (Å²) in [6.45, 7) is 14.7. The van der Waals surface area contributed by atoms with E-state index in [4.69, 9.17) is 0 Å². The van der Waals surface area contributed by atoms with Crippen molar-refractivity contribution >= 4 is 26.5 Å². The molecule has 0 unspecified atom stereocenters. The first-order chi connectivity index (χ1) is 10.4. The molecule has 0 nitrogen and oxygen atoms in total. The van der Waals surface area contributed by atoms with Gasteiger partial charge in [0, 0.05) is 0 Å². The van der Waals surface area contributed by atoms with Gasteiger partial charge in [0.1, 0.15) is 0 Å². The third kappa shape index (κ3) is 5.85. The Balaban J connectivity index is 3.03. The van der Waals surface area contributed by atoms with Crippen LogP contribution in [0.1, 0.15) is 65.7 Å². The van der Waals surface area contributed by atoms with E-state index in [1.807, 2.05) is 8.79 Å². The molecule has 0 aliphatic heterocycles. The number of unbranched alkanes of at least 4 members (excludes halogenated alkanes) is 3. The number of allylic oxidation sites excluding steroid dienone is 4. The van der Waals surface area contributed by atoms with Gasteiger partial charge in [-0.3, -0.25) is 0 Å². The molecule has 0 aromatic rings. The zero-order valence-electron chi connectivity index (χ0n) is 16.2. The van der Waals surface area contributed by atoms with Gasteiger partial charge < -0.3 is 0 Å². The Bertz CT molecular complexity index is 365. The molecule has 0 aromatic heterocycles. The predicted octanol–water partition coefficient (Wildman–Crippen LogP) is 7.51. The fourth-order valence-corrected chi connectivity index (χ4v) is 21.8. The van der Waals surface area contributed by atoms with Gasteiger partial charge in [-0.15, -0.1) is 0 Å². The first-order valence-electron chi connectivity index (χ1n) is 9.81. The van der Waals surface area contributed by atoms with E-state index in [0.29, 0.717) is 0 Å². The maximum atomic E-state index is 2.74. The van der Waals surface area contributed by atoms with Crippen LogP contribution in [0.4, 0.5) is 0 Å². The molecule has 22 heavy (non-hydrogen) atoms. The molecule has 0 radical (unpaired) electrons. The standard InChI is InChI=1S/C8H13Si.3C4H9.Sn/c1-9(2,3)8-6-4-5-7-8;3*1-3-4-2;/h4,7H,6H2,1-3H3;3*1,3-4H2,2H3;. The summed E-state index contributed by atoms with van der Waals surface area (Å²) in [7, 11) is -1.10. The van der Waals surface area contributed by atoms with E-state index in [1.165, 1.54) is 44.9 Å². The van der Waals surface area contributed by atoms with Crippen LogP contribution < -0.4 is 0 Å². The summed E-state index contributed by atoms with van der Waals surface area (Å²) in [5.41, 5.74) is 0. The molecule has 0 saturated heterocycles. The summed E-state index contributed by atoms with van der Waals surface area (Å²) < 4.78 is 6.79. The van der Waals surface area contributed by atoms with E-state index in [1.54, 1.807) is 13.3 Å². The van der Waals surface area contributed by atoms with Crippen molar-refractivity contribution in [3.63, 3.8) is 0 Å². The Morgan fingerprint density at radius 3 is 1.64 bits per heavy atom. The SMILES string of the molecule is CCC[CH2][Sn]([CH2]CCC)([CH2]CCC)[C]1=CCC([Si](C)(C)C)=C1. The molecule has 2 heteroatoms. The minimum atomic E-state index is -2.12. The van der Waals surface area contributed by atoms with Crippen molar-refractivity contribution < 1.29 is 0 Å². The molecule has 0 atom stereocenters. The second kappa shape index (κ2) is 9.71. The second-order valence-corrected chi connectivity index (χ2v) is 26.8. The fraction of sp³-hybridized carbons (Fsp3) is 0.800. The van der Waals surface area contributed by atoms with Crippen molar-refractivity contribution in [2.45, 2.75) is 98.7 Å². The molecule has 0 fully saturated rings. The van der Waals surface area contributed by atoms with Gasteiger partial charge in [0.2, 0.25) is 0 Å². The molecule has 1 aliphatic carbocycles. The average molecular weight is 427 g/mol. The van der Waals surface area contributed by atoms with Crippen LogP contribution in [0.25, 0.3) is 0 Å². The van der Waals surface area contributed by atoms with Crippen molar-refractivity contribution in [1.82, 2.24) is 0 Å². The van der Waals surface area contributed by atoms with Crippen molar-refractivity contribution in [2.24, 2.45) is 0 Å². The van der Waals surface area contributed by atoms with Crippen molar-refractivity contribution in [1.29, 1.82) is 0 Å². The average Bonchev–Trinajstić information content (AvgIpc) is 2.97. The van der Waals surface area contributed by atoms with Crippen LogP contribution in [0.3, 0.4) is 0 Å². The topological polar surface area (TPSA) is 0 Å². The number of hydrogen-bond donors (Lipinski definition) is 0. The van der Waals surface area contributed by atoms with Crippen molar-refractivity contribution in [3.05, 3.63) is 20.9 Å². The summed E-state index contributed by atoms with van der Waals surface area (Å²) in [6.07, 6.45) is 15.3. The molecule has 0 N–H and O–H groups in total. The molecule has 1 aliphatic rings. The second-order valence-electron chi connectivity index (χ2n) is 8.37. The summed E-state index contributed by atoms with van der Waals surface area (Å²) in [5.74, 6) is 0. The monoisotopic (exact) mass is 428 g/mol. The van der Waals surface area contributed by atoms with E-state index >= 15 is 0 Å². The van der Waals surface area contributed by atoms with Crippen LogP contribution in [0, 0.1) is 0 Å². The molecular formula is C20H40SiSn. The van der Waals surface area contributed by atoms with Gasteiger partial charge in [0.25, 0.3) is 0 Å². The fourth-order valence-electron chi connectivity index (χ4n) is 3.77. The van der Waals surface area contributed by atoms with Crippen LogP contribution in [0.5, 0.6) is 0 Å². The molecule has 0 aromatic carbocycles. The van der Waals surface area contributed by atoms with E-state index in [-0.39, 0.29) is 0 Å². The third-order valence-corrected chi connectivity index (χ3v) is 23.5. The quantitative estimate of drug-likeness (QED) is 0.299. The van der Waals surface area contributed by atoms with Crippen LogP contribution >= 0.6 is 0 Å². The van der Waals surface area contributed by atoms with Gasteiger partial charge in [0.05, 0.1) is 0 Å². The van der Waals surface area contributed by atoms with Gasteiger partial charge >= 0.3 is 146 Å². The molecule has 0 bridgehead atoms. The zero-order valence-corrected chi connectivity index (χ0v) is 20.1. The summed E-state index contributed by atoms with van der Waals surface area (Å²) >= 11 is -2.12. The number of rotatable bonds is 11. The molecule has 0 amide bonds. The summed E-state index contributed by atoms with van der Waals surface area (Å²) in [4.78, 5) is 0. The Hall–Kier alpha value is 0.496. The molecule has 0 heterocycles. The van der Waals surface area contributed by atoms with E-state index in [9.17, 15) is 0 Å². The summed E-state index contributed by atoms with van der Waals surface area (Å²) in [6, 6.07) is 0. The third-order valence-electron chi connectivity index (χ3n) is 5.47. The molecule has 0 spiro atoms. The Labute approximate surface area is 145 Å². The Morgan fingerprint density at radius 2 is 1.32 bits per heavy atom. The van der Waals surface area contributed by atoms with E-state index in [2.05, 4.69) is 52.6 Å². The van der Waals surface area contributed by atoms with Crippen LogP contribution in [0.15, 0.2) is 20.9 Å². The van der Waals surface area contributed by atoms with Crippen molar-refractivity contribution in [2.75, 3.05) is 0 Å². The predicted molar refractivity (Wildman–Crippen MR) is 109 cm³/mol. The normalized spacial score (nSPS) is 15.9. The summed E-state index contributed by atoms with van der Waals surface area (Å²) in [5, 5.41) is 1.83.